The van der Waals surface area contributed by atoms with Gasteiger partial charge in [-0.25, -0.2) is 0 Å². The van der Waals surface area contributed by atoms with E-state index in [1.165, 1.54) is 10.4 Å². The maximum atomic E-state index is 12.1. The van der Waals surface area contributed by atoms with Crippen LogP contribution in [0.5, 0.6) is 0 Å². The van der Waals surface area contributed by atoms with Crippen molar-refractivity contribution in [3.05, 3.63) is 21.4 Å². The van der Waals surface area contributed by atoms with Crippen LogP contribution in [-0.2, 0) is 19.5 Å². The lowest BCUT2D eigenvalue weighted by atomic mass is 10.0. The molecule has 0 unspecified atom stereocenters. The van der Waals surface area contributed by atoms with Gasteiger partial charge in [-0.3, -0.25) is 4.90 Å². The van der Waals surface area contributed by atoms with Crippen LogP contribution >= 0.6 is 11.3 Å². The molecule has 2 nitrogen and oxygen atoms in total. The Morgan fingerprint density at radius 1 is 1.44 bits per heavy atom. The highest BCUT2D eigenvalue weighted by Crippen LogP contribution is 2.28. The van der Waals surface area contributed by atoms with Crippen LogP contribution in [0.2, 0.25) is 0 Å². The standard InChI is InChI=1S/C12H17F3N2S/c1-2-17-4-3-10-9(7-18-11(10)6-17)5-16-8-12(13,14)15/h7,16H,2-6,8H2,1H3. The van der Waals surface area contributed by atoms with Crippen LogP contribution in [0.1, 0.15) is 22.9 Å². The third kappa shape index (κ3) is 3.46. The summed E-state index contributed by atoms with van der Waals surface area (Å²) in [5.74, 6) is 0. The maximum Gasteiger partial charge on any atom is 0.401 e. The highest BCUT2D eigenvalue weighted by molar-refractivity contribution is 7.10. The lowest BCUT2D eigenvalue weighted by molar-refractivity contribution is -0.125. The first kappa shape index (κ1) is 13.8. The van der Waals surface area contributed by atoms with Gasteiger partial charge in [-0.05, 0) is 29.5 Å². The van der Waals surface area contributed by atoms with Crippen LogP contribution < -0.4 is 5.32 Å². The van der Waals surface area contributed by atoms with E-state index in [0.29, 0.717) is 6.54 Å². The van der Waals surface area contributed by atoms with Crippen LogP contribution in [0.25, 0.3) is 0 Å². The molecule has 2 rings (SSSR count). The second kappa shape index (κ2) is 5.59. The molecular weight excluding hydrogens is 261 g/mol. The highest BCUT2D eigenvalue weighted by Gasteiger charge is 2.26. The second-order valence-electron chi connectivity index (χ2n) is 4.50. The van der Waals surface area contributed by atoms with E-state index in [1.54, 1.807) is 11.3 Å². The predicted molar refractivity (Wildman–Crippen MR) is 66.7 cm³/mol. The molecule has 2 heterocycles. The van der Waals surface area contributed by atoms with Crippen molar-refractivity contribution in [2.24, 2.45) is 0 Å². The molecule has 1 aromatic rings. The Morgan fingerprint density at radius 3 is 2.89 bits per heavy atom. The molecule has 0 bridgehead atoms. The van der Waals surface area contributed by atoms with Gasteiger partial charge in [0.15, 0.2) is 0 Å². The number of likely N-dealkylation sites (N-methyl/N-ethyl adjacent to an activating group) is 1. The number of fused-ring (bicyclic) bond motifs is 1. The van der Waals surface area contributed by atoms with Crippen molar-refractivity contribution < 1.29 is 13.2 Å². The molecule has 0 aliphatic carbocycles. The Balaban J connectivity index is 1.94. The SMILES string of the molecule is CCN1CCc2c(CNCC(F)(F)F)csc2C1. The average molecular weight is 278 g/mol. The molecule has 1 aliphatic heterocycles. The van der Waals surface area contributed by atoms with Crippen molar-refractivity contribution in [3.63, 3.8) is 0 Å². The molecule has 0 amide bonds. The molecule has 6 heteroatoms. The summed E-state index contributed by atoms with van der Waals surface area (Å²) in [7, 11) is 0. The third-order valence-corrected chi connectivity index (χ3v) is 4.26. The van der Waals surface area contributed by atoms with Crippen molar-refractivity contribution in [1.82, 2.24) is 10.2 Å². The third-order valence-electron chi connectivity index (χ3n) is 3.20. The number of nitrogens with zero attached hydrogens (tertiary/aromatic N) is 1. The predicted octanol–water partition coefficient (Wildman–Crippen LogP) is 2.78. The van der Waals surface area contributed by atoms with Crippen molar-refractivity contribution in [1.29, 1.82) is 0 Å². The summed E-state index contributed by atoms with van der Waals surface area (Å²) in [6, 6.07) is 0. The lowest BCUT2D eigenvalue weighted by Gasteiger charge is -2.25. The number of nitrogens with one attached hydrogen (secondary N) is 1. The Morgan fingerprint density at radius 2 is 2.22 bits per heavy atom. The van der Waals surface area contributed by atoms with Gasteiger partial charge >= 0.3 is 6.18 Å². The van der Waals surface area contributed by atoms with Crippen LogP contribution in [0.15, 0.2) is 5.38 Å². The van der Waals surface area contributed by atoms with Crippen molar-refractivity contribution in [2.75, 3.05) is 19.6 Å². The normalized spacial score (nSPS) is 16.9. The summed E-state index contributed by atoms with van der Waals surface area (Å²) in [5.41, 5.74) is 2.30. The molecule has 1 aromatic heterocycles. The smallest absolute Gasteiger partial charge is 0.305 e. The first-order chi connectivity index (χ1) is 8.49. The van der Waals surface area contributed by atoms with Gasteiger partial charge < -0.3 is 5.32 Å². The van der Waals surface area contributed by atoms with E-state index in [-0.39, 0.29) is 0 Å². The van der Waals surface area contributed by atoms with E-state index in [9.17, 15) is 13.2 Å². The summed E-state index contributed by atoms with van der Waals surface area (Å²) in [6.45, 7) is 4.50. The molecular formula is C12H17F3N2S. The topological polar surface area (TPSA) is 15.3 Å². The lowest BCUT2D eigenvalue weighted by Crippen LogP contribution is -2.31. The minimum Gasteiger partial charge on any atom is -0.305 e. The minimum absolute atomic E-state index is 0.317. The fourth-order valence-electron chi connectivity index (χ4n) is 2.21. The average Bonchev–Trinajstić information content (AvgIpc) is 2.70. The Labute approximate surface area is 109 Å². The van der Waals surface area contributed by atoms with Gasteiger partial charge in [0.05, 0.1) is 6.54 Å². The Bertz CT molecular complexity index is 401. The number of halogens is 3. The number of hydrogen-bond acceptors (Lipinski definition) is 3. The highest BCUT2D eigenvalue weighted by atomic mass is 32.1. The molecule has 0 saturated heterocycles. The quantitative estimate of drug-likeness (QED) is 0.911. The van der Waals surface area contributed by atoms with E-state index < -0.39 is 12.7 Å². The number of hydrogen-bond donors (Lipinski definition) is 1. The summed E-state index contributed by atoms with van der Waals surface area (Å²) in [6.07, 6.45) is -3.18. The first-order valence-electron chi connectivity index (χ1n) is 6.07. The maximum absolute atomic E-state index is 12.1. The summed E-state index contributed by atoms with van der Waals surface area (Å²) in [5, 5.41) is 4.46. The van der Waals surface area contributed by atoms with E-state index in [4.69, 9.17) is 0 Å². The van der Waals surface area contributed by atoms with E-state index in [0.717, 1.165) is 31.6 Å². The van der Waals surface area contributed by atoms with Crippen molar-refractivity contribution >= 4 is 11.3 Å². The van der Waals surface area contributed by atoms with Gasteiger partial charge in [0.25, 0.3) is 0 Å². The molecule has 0 radical (unpaired) electrons. The molecule has 0 atom stereocenters. The zero-order valence-corrected chi connectivity index (χ0v) is 11.1. The Kier molecular flexibility index (Phi) is 4.29. The van der Waals surface area contributed by atoms with Crippen LogP contribution in [0, 0.1) is 0 Å². The fourth-order valence-corrected chi connectivity index (χ4v) is 3.35. The Hall–Kier alpha value is -0.590. The number of thiophene rings is 1. The van der Waals surface area contributed by atoms with Gasteiger partial charge in [0.2, 0.25) is 0 Å². The van der Waals surface area contributed by atoms with E-state index >= 15 is 0 Å². The molecule has 0 fully saturated rings. The van der Waals surface area contributed by atoms with E-state index in [2.05, 4.69) is 17.1 Å². The number of alkyl halides is 3. The largest absolute Gasteiger partial charge is 0.401 e. The molecule has 1 N–H and O–H groups in total. The van der Waals surface area contributed by atoms with Crippen LogP contribution in [-0.4, -0.2) is 30.7 Å². The first-order valence-corrected chi connectivity index (χ1v) is 6.95. The van der Waals surface area contributed by atoms with Crippen molar-refractivity contribution in [2.45, 2.75) is 32.6 Å². The molecule has 0 saturated carbocycles. The van der Waals surface area contributed by atoms with Gasteiger partial charge in [0, 0.05) is 24.5 Å². The zero-order chi connectivity index (χ0) is 13.2. The second-order valence-corrected chi connectivity index (χ2v) is 5.46. The molecule has 18 heavy (non-hydrogen) atoms. The van der Waals surface area contributed by atoms with Gasteiger partial charge in [-0.2, -0.15) is 13.2 Å². The fraction of sp³-hybridized carbons (Fsp3) is 0.667. The molecule has 0 aromatic carbocycles. The van der Waals surface area contributed by atoms with Crippen LogP contribution in [0.4, 0.5) is 13.2 Å². The van der Waals surface area contributed by atoms with Gasteiger partial charge in [-0.1, -0.05) is 6.92 Å². The molecule has 0 spiro atoms. The van der Waals surface area contributed by atoms with Crippen LogP contribution in [0.3, 0.4) is 0 Å². The molecule has 102 valence electrons. The van der Waals surface area contributed by atoms with Gasteiger partial charge in [-0.15, -0.1) is 11.3 Å². The summed E-state index contributed by atoms with van der Waals surface area (Å²) < 4.78 is 36.2. The minimum atomic E-state index is -4.13. The monoisotopic (exact) mass is 278 g/mol. The van der Waals surface area contributed by atoms with Gasteiger partial charge in [0.1, 0.15) is 0 Å². The zero-order valence-electron chi connectivity index (χ0n) is 10.3. The van der Waals surface area contributed by atoms with E-state index in [1.807, 2.05) is 5.38 Å². The number of rotatable bonds is 4. The molecule has 1 aliphatic rings. The summed E-state index contributed by atoms with van der Waals surface area (Å²) in [4.78, 5) is 3.66. The summed E-state index contributed by atoms with van der Waals surface area (Å²) >= 11 is 1.67. The van der Waals surface area contributed by atoms with Crippen molar-refractivity contribution in [3.8, 4) is 0 Å².